The smallest absolute Gasteiger partial charge is 0.550 e. The Bertz CT molecular complexity index is 140. The largest absolute Gasteiger partial charge is 1.00 e. The van der Waals surface area contributed by atoms with E-state index in [0.717, 1.165) is 0 Å². The quantitative estimate of drug-likeness (QED) is 0.332. The number of rotatable bonds is 3. The summed E-state index contributed by atoms with van der Waals surface area (Å²) in [5.41, 5.74) is 0. The first-order chi connectivity index (χ1) is 4.04. The predicted molar refractivity (Wildman–Crippen MR) is 24.3 cm³/mol. The van der Waals surface area contributed by atoms with Crippen LogP contribution in [0.4, 0.5) is 0 Å². The maximum Gasteiger partial charge on any atom is 1.00 e. The summed E-state index contributed by atoms with van der Waals surface area (Å²) in [7, 11) is 0. The van der Waals surface area contributed by atoms with Crippen LogP contribution in [0.1, 0.15) is 6.42 Å². The number of alkyl halides is 1. The third-order valence-electron chi connectivity index (χ3n) is 0.602. The SMILES string of the molecule is O=C([O-])CC(Cl)C(=O)[O-].[Na+].[Na+]. The molecular weight excluding hydrogens is 193 g/mol. The minimum atomic E-state index is -1.60. The Labute approximate surface area is 113 Å². The van der Waals surface area contributed by atoms with Gasteiger partial charge in [-0.2, -0.15) is 0 Å². The third kappa shape index (κ3) is 11.2. The minimum Gasteiger partial charge on any atom is -0.550 e. The van der Waals surface area contributed by atoms with Gasteiger partial charge in [-0.1, -0.05) is 0 Å². The molecule has 0 rings (SSSR count). The van der Waals surface area contributed by atoms with E-state index < -0.39 is 23.7 Å². The van der Waals surface area contributed by atoms with Gasteiger partial charge in [0.1, 0.15) is 0 Å². The first-order valence-electron chi connectivity index (χ1n) is 2.09. The number of hydrogen-bond acceptors (Lipinski definition) is 4. The Morgan fingerprint density at radius 1 is 1.27 bits per heavy atom. The zero-order valence-electron chi connectivity index (χ0n) is 6.30. The Hall–Kier alpha value is 1.23. The molecule has 1 unspecified atom stereocenters. The Morgan fingerprint density at radius 2 is 1.64 bits per heavy atom. The molecule has 0 fully saturated rings. The molecule has 1 atom stereocenters. The summed E-state index contributed by atoms with van der Waals surface area (Å²) in [6.45, 7) is 0. The van der Waals surface area contributed by atoms with Gasteiger partial charge in [-0.15, -0.1) is 11.6 Å². The first-order valence-corrected chi connectivity index (χ1v) is 2.52. The summed E-state index contributed by atoms with van der Waals surface area (Å²) in [6.07, 6.45) is -0.718. The van der Waals surface area contributed by atoms with Gasteiger partial charge in [-0.05, 0) is 0 Å². The van der Waals surface area contributed by atoms with E-state index in [1.54, 1.807) is 0 Å². The molecule has 0 saturated carbocycles. The van der Waals surface area contributed by atoms with Gasteiger partial charge in [-0.25, -0.2) is 0 Å². The molecule has 0 N–H and O–H groups in total. The van der Waals surface area contributed by atoms with E-state index in [1.165, 1.54) is 0 Å². The number of halogens is 1. The molecule has 0 aliphatic rings. The van der Waals surface area contributed by atoms with Crippen LogP contribution in [0, 0.1) is 0 Å². The van der Waals surface area contributed by atoms with Crippen molar-refractivity contribution in [2.45, 2.75) is 11.8 Å². The van der Waals surface area contributed by atoms with Crippen LogP contribution >= 0.6 is 11.6 Å². The van der Waals surface area contributed by atoms with Crippen molar-refractivity contribution >= 4 is 23.5 Å². The van der Waals surface area contributed by atoms with Crippen molar-refractivity contribution in [1.29, 1.82) is 0 Å². The zero-order chi connectivity index (χ0) is 7.44. The van der Waals surface area contributed by atoms with Crippen molar-refractivity contribution < 1.29 is 78.9 Å². The maximum absolute atomic E-state index is 9.70. The van der Waals surface area contributed by atoms with E-state index in [4.69, 9.17) is 11.6 Å². The van der Waals surface area contributed by atoms with Crippen LogP contribution < -0.4 is 69.3 Å². The number of carboxylic acids is 2. The standard InChI is InChI=1S/C4H5ClO4.2Na/c5-2(4(8)9)1-3(6)7;;/h2H,1H2,(H,6,7)(H,8,9);;/q;2*+1/p-2. The molecular formula is C4H3ClNa2O4. The van der Waals surface area contributed by atoms with E-state index in [-0.39, 0.29) is 59.1 Å². The molecule has 0 heterocycles. The number of hydrogen-bond donors (Lipinski definition) is 0. The third-order valence-corrected chi connectivity index (χ3v) is 0.934. The fourth-order valence-corrected chi connectivity index (χ4v) is 0.356. The van der Waals surface area contributed by atoms with Crippen molar-refractivity contribution in [3.8, 4) is 0 Å². The molecule has 0 aromatic carbocycles. The Kier molecular flexibility index (Phi) is 15.3. The van der Waals surface area contributed by atoms with Crippen LogP contribution in [0.3, 0.4) is 0 Å². The average Bonchev–Trinajstić information content (AvgIpc) is 1.63. The number of carbonyl (C=O) groups is 2. The summed E-state index contributed by atoms with van der Waals surface area (Å²) in [6, 6.07) is 0. The van der Waals surface area contributed by atoms with Crippen molar-refractivity contribution in [3.05, 3.63) is 0 Å². The van der Waals surface area contributed by atoms with Crippen LogP contribution in [-0.4, -0.2) is 17.3 Å². The molecule has 7 heteroatoms. The van der Waals surface area contributed by atoms with Crippen LogP contribution in [0.25, 0.3) is 0 Å². The number of carbonyl (C=O) groups excluding carboxylic acids is 2. The van der Waals surface area contributed by atoms with E-state index in [1.807, 2.05) is 0 Å². The molecule has 0 amide bonds. The number of carboxylic acid groups (broad SMARTS) is 2. The van der Waals surface area contributed by atoms with Crippen LogP contribution in [-0.2, 0) is 9.59 Å². The van der Waals surface area contributed by atoms with E-state index in [2.05, 4.69) is 0 Å². The first kappa shape index (κ1) is 18.1. The molecule has 52 valence electrons. The van der Waals surface area contributed by atoms with Gasteiger partial charge in [0.25, 0.3) is 0 Å². The maximum atomic E-state index is 9.70. The molecule has 0 saturated heterocycles. The van der Waals surface area contributed by atoms with Gasteiger partial charge in [0.15, 0.2) is 0 Å². The normalized spacial score (nSPS) is 10.3. The zero-order valence-corrected chi connectivity index (χ0v) is 11.1. The van der Waals surface area contributed by atoms with Gasteiger partial charge < -0.3 is 19.8 Å². The molecule has 0 radical (unpaired) electrons. The fourth-order valence-electron chi connectivity index (χ4n) is 0.230. The molecule has 0 aliphatic heterocycles. The summed E-state index contributed by atoms with van der Waals surface area (Å²) in [5, 5.41) is 17.8. The van der Waals surface area contributed by atoms with Gasteiger partial charge in [0, 0.05) is 12.4 Å². The summed E-state index contributed by atoms with van der Waals surface area (Å²) < 4.78 is 0. The second kappa shape index (κ2) is 9.32. The second-order valence-corrected chi connectivity index (χ2v) is 1.89. The van der Waals surface area contributed by atoms with Gasteiger partial charge in [0.05, 0.1) is 11.3 Å². The monoisotopic (exact) mass is 196 g/mol. The molecule has 0 bridgehead atoms. The molecule has 0 aromatic heterocycles. The van der Waals surface area contributed by atoms with Crippen molar-refractivity contribution in [1.82, 2.24) is 0 Å². The van der Waals surface area contributed by atoms with Crippen molar-refractivity contribution in [2.75, 3.05) is 0 Å². The van der Waals surface area contributed by atoms with E-state index in [0.29, 0.717) is 0 Å². The summed E-state index contributed by atoms with van der Waals surface area (Å²) in [4.78, 5) is 19.3. The molecule has 0 aromatic rings. The predicted octanol–water partition coefficient (Wildman–Crippen LogP) is -8.51. The van der Waals surface area contributed by atoms with Gasteiger partial charge in [0.2, 0.25) is 0 Å². The van der Waals surface area contributed by atoms with E-state index >= 15 is 0 Å². The van der Waals surface area contributed by atoms with Crippen LogP contribution in [0.2, 0.25) is 0 Å². The Balaban J connectivity index is -0.000000320. The molecule has 0 spiro atoms. The Morgan fingerprint density at radius 3 is 1.73 bits per heavy atom. The summed E-state index contributed by atoms with van der Waals surface area (Å²) >= 11 is 4.93. The van der Waals surface area contributed by atoms with Crippen LogP contribution in [0.15, 0.2) is 0 Å². The van der Waals surface area contributed by atoms with Gasteiger partial charge in [-0.3, -0.25) is 0 Å². The van der Waals surface area contributed by atoms with Gasteiger partial charge >= 0.3 is 59.1 Å². The number of aliphatic carboxylic acids is 2. The van der Waals surface area contributed by atoms with Crippen molar-refractivity contribution in [3.63, 3.8) is 0 Å². The average molecular weight is 196 g/mol. The van der Waals surface area contributed by atoms with E-state index in [9.17, 15) is 19.8 Å². The second-order valence-electron chi connectivity index (χ2n) is 1.36. The summed E-state index contributed by atoms with van der Waals surface area (Å²) in [5.74, 6) is -3.10. The topological polar surface area (TPSA) is 80.3 Å². The molecule has 11 heavy (non-hydrogen) atoms. The van der Waals surface area contributed by atoms with Crippen molar-refractivity contribution in [2.24, 2.45) is 0 Å². The van der Waals surface area contributed by atoms with Crippen LogP contribution in [0.5, 0.6) is 0 Å². The molecule has 0 aliphatic carbocycles. The molecule has 4 nitrogen and oxygen atoms in total. The fraction of sp³-hybridized carbons (Fsp3) is 0.500. The minimum absolute atomic E-state index is 0.